The molecule has 0 amide bonds. The molecule has 0 aromatic heterocycles. The first-order valence-corrected chi connectivity index (χ1v) is 6.74. The summed E-state index contributed by atoms with van der Waals surface area (Å²) in [6.07, 6.45) is 0.886. The maximum absolute atomic E-state index is 5.36. The number of hydrogen-bond acceptors (Lipinski definition) is 3. The highest BCUT2D eigenvalue weighted by Gasteiger charge is 2.12. The van der Waals surface area contributed by atoms with E-state index in [0.29, 0.717) is 6.79 Å². The van der Waals surface area contributed by atoms with Crippen LogP contribution in [0.2, 0.25) is 0 Å². The molecule has 2 rings (SSSR count). The van der Waals surface area contributed by atoms with E-state index < -0.39 is 0 Å². The van der Waals surface area contributed by atoms with Gasteiger partial charge in [0.1, 0.15) is 0 Å². The van der Waals surface area contributed by atoms with Gasteiger partial charge in [-0.25, -0.2) is 0 Å². The summed E-state index contributed by atoms with van der Waals surface area (Å²) >= 11 is 0. The average molecular weight is 391 g/mol. The second-order valence-corrected chi connectivity index (χ2v) is 4.23. The van der Waals surface area contributed by atoms with E-state index in [1.165, 1.54) is 5.56 Å². The first-order chi connectivity index (χ1) is 9.33. The Balaban J connectivity index is 0.00000200. The molecule has 6 heteroatoms. The van der Waals surface area contributed by atoms with Crippen LogP contribution in [0.25, 0.3) is 0 Å². The third kappa shape index (κ3) is 4.73. The van der Waals surface area contributed by atoms with Crippen LogP contribution in [0.15, 0.2) is 23.2 Å². The lowest BCUT2D eigenvalue weighted by Gasteiger charge is -2.09. The molecular weight excluding hydrogens is 369 g/mol. The molecule has 1 aliphatic rings. The second-order valence-electron chi connectivity index (χ2n) is 4.23. The molecule has 0 fully saturated rings. The molecule has 0 unspecified atom stereocenters. The third-order valence-corrected chi connectivity index (χ3v) is 2.80. The van der Waals surface area contributed by atoms with Crippen LogP contribution in [0.1, 0.15) is 19.4 Å². The van der Waals surface area contributed by atoms with E-state index in [-0.39, 0.29) is 24.0 Å². The van der Waals surface area contributed by atoms with Crippen molar-refractivity contribution in [2.75, 3.05) is 26.4 Å². The van der Waals surface area contributed by atoms with Crippen molar-refractivity contribution in [3.8, 4) is 11.5 Å². The zero-order valence-electron chi connectivity index (χ0n) is 11.9. The Labute approximate surface area is 137 Å². The number of halogens is 1. The predicted molar refractivity (Wildman–Crippen MR) is 91.3 cm³/mol. The molecule has 0 radical (unpaired) electrons. The number of aliphatic imine (C=N–C) groups is 1. The maximum Gasteiger partial charge on any atom is 0.231 e. The van der Waals surface area contributed by atoms with Crippen molar-refractivity contribution in [3.63, 3.8) is 0 Å². The summed E-state index contributed by atoms with van der Waals surface area (Å²) in [5.74, 6) is 2.53. The number of nitrogens with zero attached hydrogens (tertiary/aromatic N) is 1. The summed E-state index contributed by atoms with van der Waals surface area (Å²) < 4.78 is 10.7. The van der Waals surface area contributed by atoms with Gasteiger partial charge in [0.25, 0.3) is 0 Å². The number of nitrogens with one attached hydrogen (secondary N) is 2. The van der Waals surface area contributed by atoms with Crippen molar-refractivity contribution >= 4 is 29.9 Å². The third-order valence-electron chi connectivity index (χ3n) is 2.80. The second kappa shape index (κ2) is 8.89. The fourth-order valence-electron chi connectivity index (χ4n) is 1.90. The van der Waals surface area contributed by atoms with Crippen molar-refractivity contribution in [2.45, 2.75) is 20.3 Å². The molecule has 20 heavy (non-hydrogen) atoms. The van der Waals surface area contributed by atoms with Gasteiger partial charge >= 0.3 is 0 Å². The molecule has 0 bridgehead atoms. The summed E-state index contributed by atoms with van der Waals surface area (Å²) in [4.78, 5) is 4.51. The van der Waals surface area contributed by atoms with E-state index in [9.17, 15) is 0 Å². The van der Waals surface area contributed by atoms with Gasteiger partial charge in [-0.2, -0.15) is 0 Å². The van der Waals surface area contributed by atoms with Crippen LogP contribution < -0.4 is 20.1 Å². The molecule has 1 heterocycles. The Morgan fingerprint density at radius 2 is 1.85 bits per heavy atom. The molecule has 1 aromatic carbocycles. The minimum absolute atomic E-state index is 0. The van der Waals surface area contributed by atoms with Crippen LogP contribution in [-0.4, -0.2) is 32.4 Å². The van der Waals surface area contributed by atoms with Gasteiger partial charge in [0.15, 0.2) is 17.5 Å². The van der Waals surface area contributed by atoms with Gasteiger partial charge in [-0.15, -0.1) is 24.0 Å². The molecular formula is C14H22IN3O2. The molecule has 1 aromatic rings. The number of benzene rings is 1. The van der Waals surface area contributed by atoms with Gasteiger partial charge in [-0.3, -0.25) is 4.99 Å². The van der Waals surface area contributed by atoms with E-state index >= 15 is 0 Å². The molecule has 112 valence electrons. The Kier molecular flexibility index (Phi) is 7.50. The summed E-state index contributed by atoms with van der Waals surface area (Å²) in [6, 6.07) is 6.04. The van der Waals surface area contributed by atoms with Crippen molar-refractivity contribution in [2.24, 2.45) is 4.99 Å². The van der Waals surface area contributed by atoms with Crippen LogP contribution in [0.5, 0.6) is 11.5 Å². The normalized spacial score (nSPS) is 11.5. The number of hydrogen-bond donors (Lipinski definition) is 2. The summed E-state index contributed by atoms with van der Waals surface area (Å²) in [5.41, 5.74) is 1.21. The van der Waals surface area contributed by atoms with Gasteiger partial charge < -0.3 is 20.1 Å². The number of fused-ring (bicyclic) bond motifs is 1. The fraction of sp³-hybridized carbons (Fsp3) is 0.500. The Morgan fingerprint density at radius 1 is 1.15 bits per heavy atom. The highest BCUT2D eigenvalue weighted by Crippen LogP contribution is 2.32. The number of rotatable bonds is 5. The molecule has 5 nitrogen and oxygen atoms in total. The quantitative estimate of drug-likeness (QED) is 0.459. The van der Waals surface area contributed by atoms with Crippen molar-refractivity contribution in [1.29, 1.82) is 0 Å². The van der Waals surface area contributed by atoms with E-state index in [0.717, 1.165) is 43.5 Å². The zero-order chi connectivity index (χ0) is 13.5. The van der Waals surface area contributed by atoms with E-state index in [1.807, 2.05) is 12.1 Å². The highest BCUT2D eigenvalue weighted by atomic mass is 127. The lowest BCUT2D eigenvalue weighted by atomic mass is 10.1. The Morgan fingerprint density at radius 3 is 2.55 bits per heavy atom. The van der Waals surface area contributed by atoms with Gasteiger partial charge in [-0.05, 0) is 38.0 Å². The first kappa shape index (κ1) is 16.9. The van der Waals surface area contributed by atoms with E-state index in [2.05, 4.69) is 35.5 Å². The van der Waals surface area contributed by atoms with Crippen molar-refractivity contribution < 1.29 is 9.47 Å². The SMILES string of the molecule is CCNC(=NCCc1ccc2c(c1)OCO2)NCC.I. The predicted octanol–water partition coefficient (Wildman–Crippen LogP) is 2.15. The maximum atomic E-state index is 5.36. The topological polar surface area (TPSA) is 54.9 Å². The fourth-order valence-corrected chi connectivity index (χ4v) is 1.90. The standard InChI is InChI=1S/C14H21N3O2.HI/c1-3-15-14(16-4-2)17-8-7-11-5-6-12-13(9-11)19-10-18-12;/h5-6,9H,3-4,7-8,10H2,1-2H3,(H2,15,16,17);1H. The average Bonchev–Trinajstić information content (AvgIpc) is 2.86. The van der Waals surface area contributed by atoms with Crippen LogP contribution in [0.3, 0.4) is 0 Å². The lowest BCUT2D eigenvalue weighted by Crippen LogP contribution is -2.37. The molecule has 0 atom stereocenters. The van der Waals surface area contributed by atoms with E-state index in [4.69, 9.17) is 9.47 Å². The van der Waals surface area contributed by atoms with Crippen LogP contribution in [0, 0.1) is 0 Å². The Bertz CT molecular complexity index is 444. The molecule has 0 saturated heterocycles. The summed E-state index contributed by atoms with van der Waals surface area (Å²) in [5, 5.41) is 6.41. The summed E-state index contributed by atoms with van der Waals surface area (Å²) in [7, 11) is 0. The molecule has 0 spiro atoms. The van der Waals surface area contributed by atoms with Crippen LogP contribution in [-0.2, 0) is 6.42 Å². The minimum atomic E-state index is 0. The van der Waals surface area contributed by atoms with Crippen molar-refractivity contribution in [3.05, 3.63) is 23.8 Å². The lowest BCUT2D eigenvalue weighted by molar-refractivity contribution is 0.174. The molecule has 2 N–H and O–H groups in total. The number of guanidine groups is 1. The smallest absolute Gasteiger partial charge is 0.231 e. The monoisotopic (exact) mass is 391 g/mol. The summed E-state index contributed by atoms with van der Waals surface area (Å²) in [6.45, 7) is 6.93. The van der Waals surface area contributed by atoms with Crippen LogP contribution >= 0.6 is 24.0 Å². The van der Waals surface area contributed by atoms with Gasteiger partial charge in [0.2, 0.25) is 6.79 Å². The Hall–Kier alpha value is -1.18. The van der Waals surface area contributed by atoms with Gasteiger partial charge in [0, 0.05) is 19.6 Å². The van der Waals surface area contributed by atoms with Crippen molar-refractivity contribution in [1.82, 2.24) is 10.6 Å². The van der Waals surface area contributed by atoms with Crippen LogP contribution in [0.4, 0.5) is 0 Å². The van der Waals surface area contributed by atoms with Gasteiger partial charge in [0.05, 0.1) is 0 Å². The number of ether oxygens (including phenoxy) is 2. The first-order valence-electron chi connectivity index (χ1n) is 6.74. The van der Waals surface area contributed by atoms with Gasteiger partial charge in [-0.1, -0.05) is 6.07 Å². The molecule has 1 aliphatic heterocycles. The molecule has 0 aliphatic carbocycles. The highest BCUT2D eigenvalue weighted by molar-refractivity contribution is 14.0. The largest absolute Gasteiger partial charge is 0.454 e. The minimum Gasteiger partial charge on any atom is -0.454 e. The zero-order valence-corrected chi connectivity index (χ0v) is 14.3. The van der Waals surface area contributed by atoms with E-state index in [1.54, 1.807) is 0 Å². The molecule has 0 saturated carbocycles.